The number of hydrazine groups is 1. The summed E-state index contributed by atoms with van der Waals surface area (Å²) >= 11 is 0. The van der Waals surface area contributed by atoms with Gasteiger partial charge in [-0.25, -0.2) is 10.2 Å². The van der Waals surface area contributed by atoms with Crippen LogP contribution in [-0.4, -0.2) is 34.9 Å². The Hall–Kier alpha value is -2.90. The van der Waals surface area contributed by atoms with Crippen molar-refractivity contribution in [3.05, 3.63) is 54.1 Å². The lowest BCUT2D eigenvalue weighted by Crippen LogP contribution is -2.61. The van der Waals surface area contributed by atoms with Crippen LogP contribution in [0.3, 0.4) is 0 Å². The molecule has 0 fully saturated rings. The molecule has 2 rings (SSSR count). The Morgan fingerprint density at radius 3 is 1.93 bits per heavy atom. The summed E-state index contributed by atoms with van der Waals surface area (Å²) in [5, 5.41) is 12.4. The van der Waals surface area contributed by atoms with Crippen molar-refractivity contribution in [2.75, 3.05) is 11.9 Å². The molecule has 0 heterocycles. The van der Waals surface area contributed by atoms with E-state index in [4.69, 9.17) is 4.74 Å². The summed E-state index contributed by atoms with van der Waals surface area (Å²) in [6.07, 6.45) is -0.743. The molecule has 2 aromatic carbocycles. The number of aliphatic hydroxyl groups excluding tert-OH is 1. The van der Waals surface area contributed by atoms with E-state index in [1.807, 2.05) is 43.3 Å². The van der Waals surface area contributed by atoms with E-state index in [-0.39, 0.29) is 0 Å². The van der Waals surface area contributed by atoms with Gasteiger partial charge in [-0.2, -0.15) is 0 Å². The molecule has 0 spiro atoms. The van der Waals surface area contributed by atoms with Crippen LogP contribution in [0, 0.1) is 6.92 Å². The first kappa shape index (κ1) is 22.4. The molecular formula is C22H29N3O4. The molecule has 1 unspecified atom stereocenters. The third-order valence-electron chi connectivity index (χ3n) is 4.18. The van der Waals surface area contributed by atoms with Gasteiger partial charge in [-0.1, -0.05) is 42.0 Å². The van der Waals surface area contributed by atoms with Crippen LogP contribution in [0.15, 0.2) is 48.5 Å². The standard InChI is InChI=1S/C22H29N3O4/c1-15-6-8-16(9-7-15)17-10-12-18(13-11-17)23-19(27)22(5,14-26)25-24-20(28)29-21(2,3)4/h6-13,25-26H,14H2,1-5H3,(H,23,27)(H,24,28). The number of aryl methyl sites for hydroxylation is 1. The fraction of sp³-hybridized carbons (Fsp3) is 0.364. The van der Waals surface area contributed by atoms with Crippen LogP contribution in [0.4, 0.5) is 10.5 Å². The SMILES string of the molecule is Cc1ccc(-c2ccc(NC(=O)C(C)(CO)NNC(=O)OC(C)(C)C)cc2)cc1. The van der Waals surface area contributed by atoms with Crippen LogP contribution in [0.1, 0.15) is 33.3 Å². The van der Waals surface area contributed by atoms with Crippen molar-refractivity contribution in [2.45, 2.75) is 45.8 Å². The first-order chi connectivity index (χ1) is 13.5. The van der Waals surface area contributed by atoms with Gasteiger partial charge in [0.05, 0.1) is 6.61 Å². The zero-order valence-corrected chi connectivity index (χ0v) is 17.5. The fourth-order valence-corrected chi connectivity index (χ4v) is 2.42. The zero-order chi connectivity index (χ0) is 21.7. The first-order valence-electron chi connectivity index (χ1n) is 9.38. The number of carbonyl (C=O) groups is 2. The van der Waals surface area contributed by atoms with Crippen molar-refractivity contribution >= 4 is 17.7 Å². The second kappa shape index (κ2) is 9.07. The Kier molecular flexibility index (Phi) is 7.00. The molecule has 0 saturated carbocycles. The zero-order valence-electron chi connectivity index (χ0n) is 17.5. The molecule has 0 radical (unpaired) electrons. The third kappa shape index (κ3) is 6.58. The van der Waals surface area contributed by atoms with Crippen molar-refractivity contribution < 1.29 is 19.4 Å². The van der Waals surface area contributed by atoms with E-state index in [0.717, 1.165) is 11.1 Å². The van der Waals surface area contributed by atoms with E-state index in [1.165, 1.54) is 12.5 Å². The lowest BCUT2D eigenvalue weighted by molar-refractivity contribution is -0.123. The molecule has 0 aliphatic carbocycles. The summed E-state index contributed by atoms with van der Waals surface area (Å²) in [7, 11) is 0. The Morgan fingerprint density at radius 1 is 0.931 bits per heavy atom. The van der Waals surface area contributed by atoms with Crippen LogP contribution >= 0.6 is 0 Å². The highest BCUT2D eigenvalue weighted by atomic mass is 16.6. The lowest BCUT2D eigenvalue weighted by Gasteiger charge is -2.28. The Balaban J connectivity index is 2.00. The molecule has 4 N–H and O–H groups in total. The number of hydrogen-bond donors (Lipinski definition) is 4. The summed E-state index contributed by atoms with van der Waals surface area (Å²) in [4.78, 5) is 24.4. The third-order valence-corrected chi connectivity index (χ3v) is 4.18. The number of ether oxygens (including phenoxy) is 1. The molecule has 0 bridgehead atoms. The van der Waals surface area contributed by atoms with Crippen molar-refractivity contribution in [3.63, 3.8) is 0 Å². The fourth-order valence-electron chi connectivity index (χ4n) is 2.42. The molecule has 2 amide bonds. The molecule has 1 atom stereocenters. The Morgan fingerprint density at radius 2 is 1.45 bits per heavy atom. The van der Waals surface area contributed by atoms with Gasteiger partial charge in [-0.15, -0.1) is 0 Å². The van der Waals surface area contributed by atoms with E-state index in [0.29, 0.717) is 5.69 Å². The molecule has 2 aromatic rings. The van der Waals surface area contributed by atoms with Gasteiger partial charge < -0.3 is 15.2 Å². The van der Waals surface area contributed by atoms with Gasteiger partial charge in [-0.3, -0.25) is 10.2 Å². The maximum atomic E-state index is 12.6. The van der Waals surface area contributed by atoms with Gasteiger partial charge >= 0.3 is 6.09 Å². The smallest absolute Gasteiger partial charge is 0.422 e. The number of rotatable bonds is 6. The lowest BCUT2D eigenvalue weighted by atomic mass is 10.0. The number of amides is 2. The minimum atomic E-state index is -1.44. The Bertz CT molecular complexity index is 842. The number of aliphatic hydroxyl groups is 1. The molecule has 7 nitrogen and oxygen atoms in total. The van der Waals surface area contributed by atoms with E-state index < -0.39 is 29.7 Å². The average molecular weight is 399 g/mol. The highest BCUT2D eigenvalue weighted by molar-refractivity contribution is 5.98. The monoisotopic (exact) mass is 399 g/mol. The van der Waals surface area contributed by atoms with Crippen molar-refractivity contribution in [1.29, 1.82) is 0 Å². The number of hydrogen-bond acceptors (Lipinski definition) is 5. The van der Waals surface area contributed by atoms with Gasteiger partial charge in [-0.05, 0) is 57.9 Å². The molecular weight excluding hydrogens is 370 g/mol. The summed E-state index contributed by atoms with van der Waals surface area (Å²) in [6, 6.07) is 15.5. The second-order valence-electron chi connectivity index (χ2n) is 8.14. The van der Waals surface area contributed by atoms with Crippen LogP contribution < -0.4 is 16.2 Å². The highest BCUT2D eigenvalue weighted by Gasteiger charge is 2.33. The highest BCUT2D eigenvalue weighted by Crippen LogP contribution is 2.22. The summed E-state index contributed by atoms with van der Waals surface area (Å²) < 4.78 is 5.11. The van der Waals surface area contributed by atoms with Crippen LogP contribution in [-0.2, 0) is 9.53 Å². The molecule has 7 heteroatoms. The topological polar surface area (TPSA) is 99.7 Å². The van der Waals surface area contributed by atoms with Crippen LogP contribution in [0.5, 0.6) is 0 Å². The minimum absolute atomic E-state index is 0.501. The van der Waals surface area contributed by atoms with Gasteiger partial charge in [0.25, 0.3) is 0 Å². The number of carbonyl (C=O) groups excluding carboxylic acids is 2. The molecule has 156 valence electrons. The number of anilines is 1. The summed E-state index contributed by atoms with van der Waals surface area (Å²) in [5.74, 6) is -0.501. The number of benzene rings is 2. The largest absolute Gasteiger partial charge is 0.443 e. The maximum absolute atomic E-state index is 12.6. The predicted octanol–water partition coefficient (Wildman–Crippen LogP) is 3.38. The molecule has 0 saturated heterocycles. The average Bonchev–Trinajstić information content (AvgIpc) is 2.66. The Labute approximate surface area is 171 Å². The summed E-state index contributed by atoms with van der Waals surface area (Å²) in [5.41, 5.74) is 6.60. The van der Waals surface area contributed by atoms with Crippen molar-refractivity contribution in [2.24, 2.45) is 0 Å². The van der Waals surface area contributed by atoms with E-state index in [1.54, 1.807) is 32.9 Å². The molecule has 0 aromatic heterocycles. The second-order valence-corrected chi connectivity index (χ2v) is 8.14. The van der Waals surface area contributed by atoms with Gasteiger partial charge in [0, 0.05) is 5.69 Å². The van der Waals surface area contributed by atoms with Crippen LogP contribution in [0.25, 0.3) is 11.1 Å². The molecule has 0 aliphatic rings. The van der Waals surface area contributed by atoms with E-state index in [9.17, 15) is 14.7 Å². The van der Waals surface area contributed by atoms with E-state index in [2.05, 4.69) is 16.2 Å². The minimum Gasteiger partial charge on any atom is -0.443 e. The predicted molar refractivity (Wildman–Crippen MR) is 113 cm³/mol. The first-order valence-corrected chi connectivity index (χ1v) is 9.38. The van der Waals surface area contributed by atoms with Gasteiger partial charge in [0.15, 0.2) is 0 Å². The normalized spacial score (nSPS) is 13.3. The quantitative estimate of drug-likeness (QED) is 0.558. The van der Waals surface area contributed by atoms with Gasteiger partial charge in [0.1, 0.15) is 11.1 Å². The number of nitrogens with one attached hydrogen (secondary N) is 3. The summed E-state index contributed by atoms with van der Waals surface area (Å²) in [6.45, 7) is 8.16. The van der Waals surface area contributed by atoms with Crippen LogP contribution in [0.2, 0.25) is 0 Å². The van der Waals surface area contributed by atoms with Crippen molar-refractivity contribution in [1.82, 2.24) is 10.9 Å². The van der Waals surface area contributed by atoms with Crippen molar-refractivity contribution in [3.8, 4) is 11.1 Å². The molecule has 0 aliphatic heterocycles. The maximum Gasteiger partial charge on any atom is 0.422 e. The van der Waals surface area contributed by atoms with E-state index >= 15 is 0 Å². The van der Waals surface area contributed by atoms with Gasteiger partial charge in [0.2, 0.25) is 5.91 Å². The molecule has 29 heavy (non-hydrogen) atoms.